The summed E-state index contributed by atoms with van der Waals surface area (Å²) in [7, 11) is 3.49. The molecule has 158 valence electrons. The summed E-state index contributed by atoms with van der Waals surface area (Å²) in [5, 5.41) is 5.84. The Balaban J connectivity index is 1.65. The lowest BCUT2D eigenvalue weighted by atomic mass is 10.1. The second-order valence-electron chi connectivity index (χ2n) is 7.64. The van der Waals surface area contributed by atoms with Crippen LogP contribution in [0.25, 0.3) is 11.0 Å². The largest absolute Gasteiger partial charge is 0.496 e. The van der Waals surface area contributed by atoms with Crippen LogP contribution >= 0.6 is 0 Å². The molecule has 0 saturated heterocycles. The molecule has 2 aromatic carbocycles. The predicted octanol–water partition coefficient (Wildman–Crippen LogP) is 3.54. The fraction of sp³-hybridized carbons (Fsp3) is 0.348. The standard InChI is InChI=1S/C23H28N4O3/c1-15(2)13-22(28)25-16-9-10-19-18(14-16)26-21(27(19)3)11-12-24-23(29)17-7-5-6-8-20(17)30-4/h5-10,14-15H,11-13H2,1-4H3,(H,24,29)(H,25,28). The minimum atomic E-state index is -0.179. The highest BCUT2D eigenvalue weighted by atomic mass is 16.5. The molecule has 3 rings (SSSR count). The van der Waals surface area contributed by atoms with Crippen molar-refractivity contribution in [1.82, 2.24) is 14.9 Å². The zero-order valence-electron chi connectivity index (χ0n) is 17.9. The Bertz CT molecular complexity index is 1060. The summed E-state index contributed by atoms with van der Waals surface area (Å²) in [5.74, 6) is 1.53. The Hall–Kier alpha value is -3.35. The number of rotatable bonds is 8. The number of methoxy groups -OCH3 is 1. The van der Waals surface area contributed by atoms with Gasteiger partial charge in [-0.1, -0.05) is 26.0 Å². The molecule has 0 aliphatic carbocycles. The number of ether oxygens (including phenoxy) is 1. The van der Waals surface area contributed by atoms with Crippen molar-refractivity contribution in [3.63, 3.8) is 0 Å². The molecule has 1 heterocycles. The summed E-state index contributed by atoms with van der Waals surface area (Å²) in [5.41, 5.74) is 3.03. The molecule has 7 nitrogen and oxygen atoms in total. The molecule has 0 aliphatic rings. The number of carbonyl (C=O) groups excluding carboxylic acids is 2. The summed E-state index contributed by atoms with van der Waals surface area (Å²) < 4.78 is 7.25. The summed E-state index contributed by atoms with van der Waals surface area (Å²) in [4.78, 5) is 29.1. The van der Waals surface area contributed by atoms with E-state index in [1.807, 2.05) is 49.7 Å². The van der Waals surface area contributed by atoms with Crippen LogP contribution in [-0.2, 0) is 18.3 Å². The van der Waals surface area contributed by atoms with Crippen molar-refractivity contribution in [2.45, 2.75) is 26.7 Å². The number of hydrogen-bond acceptors (Lipinski definition) is 4. The molecule has 0 unspecified atom stereocenters. The SMILES string of the molecule is COc1ccccc1C(=O)NCCc1nc2cc(NC(=O)CC(C)C)ccc2n1C. The maximum atomic E-state index is 12.4. The van der Waals surface area contributed by atoms with Crippen LogP contribution < -0.4 is 15.4 Å². The Morgan fingerprint density at radius 1 is 1.17 bits per heavy atom. The average Bonchev–Trinajstić information content (AvgIpc) is 3.02. The molecule has 0 fully saturated rings. The van der Waals surface area contributed by atoms with E-state index in [-0.39, 0.29) is 11.8 Å². The zero-order chi connectivity index (χ0) is 21.7. The third-order valence-corrected chi connectivity index (χ3v) is 4.84. The molecule has 0 bridgehead atoms. The lowest BCUT2D eigenvalue weighted by Gasteiger charge is -2.09. The van der Waals surface area contributed by atoms with Gasteiger partial charge < -0.3 is 19.9 Å². The van der Waals surface area contributed by atoms with Gasteiger partial charge in [0.2, 0.25) is 5.91 Å². The van der Waals surface area contributed by atoms with Crippen molar-refractivity contribution in [1.29, 1.82) is 0 Å². The van der Waals surface area contributed by atoms with Gasteiger partial charge in [-0.3, -0.25) is 9.59 Å². The molecule has 0 spiro atoms. The minimum Gasteiger partial charge on any atom is -0.496 e. The fourth-order valence-corrected chi connectivity index (χ4v) is 3.35. The van der Waals surface area contributed by atoms with Crippen molar-refractivity contribution < 1.29 is 14.3 Å². The monoisotopic (exact) mass is 408 g/mol. The number of benzene rings is 2. The first-order valence-corrected chi connectivity index (χ1v) is 10.1. The van der Waals surface area contributed by atoms with Crippen LogP contribution in [0.3, 0.4) is 0 Å². The number of para-hydroxylation sites is 1. The average molecular weight is 409 g/mol. The van der Waals surface area contributed by atoms with Crippen molar-refractivity contribution in [3.8, 4) is 5.75 Å². The molecule has 2 N–H and O–H groups in total. The first-order valence-electron chi connectivity index (χ1n) is 10.1. The van der Waals surface area contributed by atoms with Gasteiger partial charge in [-0.25, -0.2) is 4.98 Å². The van der Waals surface area contributed by atoms with E-state index in [0.717, 1.165) is 22.5 Å². The summed E-state index contributed by atoms with van der Waals surface area (Å²) in [6.45, 7) is 4.48. The van der Waals surface area contributed by atoms with Gasteiger partial charge in [0.1, 0.15) is 11.6 Å². The number of nitrogens with zero attached hydrogens (tertiary/aromatic N) is 2. The number of aryl methyl sites for hydroxylation is 1. The number of nitrogens with one attached hydrogen (secondary N) is 2. The van der Waals surface area contributed by atoms with Crippen LogP contribution in [0.4, 0.5) is 5.69 Å². The van der Waals surface area contributed by atoms with Gasteiger partial charge in [0, 0.05) is 32.1 Å². The van der Waals surface area contributed by atoms with Crippen molar-refractivity contribution in [2.24, 2.45) is 13.0 Å². The summed E-state index contributed by atoms with van der Waals surface area (Å²) >= 11 is 0. The number of anilines is 1. The Morgan fingerprint density at radius 2 is 1.93 bits per heavy atom. The highest BCUT2D eigenvalue weighted by Gasteiger charge is 2.13. The number of amides is 2. The lowest BCUT2D eigenvalue weighted by molar-refractivity contribution is -0.116. The number of fused-ring (bicyclic) bond motifs is 1. The third-order valence-electron chi connectivity index (χ3n) is 4.84. The van der Waals surface area contributed by atoms with Gasteiger partial charge in [-0.15, -0.1) is 0 Å². The number of aromatic nitrogens is 2. The van der Waals surface area contributed by atoms with Gasteiger partial charge >= 0.3 is 0 Å². The minimum absolute atomic E-state index is 0.000410. The molecular weight excluding hydrogens is 380 g/mol. The van der Waals surface area contributed by atoms with Crippen LogP contribution in [0.1, 0.15) is 36.5 Å². The molecule has 1 aromatic heterocycles. The topological polar surface area (TPSA) is 85.2 Å². The molecule has 2 amide bonds. The van der Waals surface area contributed by atoms with Crippen LogP contribution in [0.15, 0.2) is 42.5 Å². The number of carbonyl (C=O) groups is 2. The van der Waals surface area contributed by atoms with Crippen LogP contribution in [0.2, 0.25) is 0 Å². The first kappa shape index (κ1) is 21.4. The summed E-state index contributed by atoms with van der Waals surface area (Å²) in [6.07, 6.45) is 1.07. The molecule has 0 aliphatic heterocycles. The van der Waals surface area contributed by atoms with E-state index in [2.05, 4.69) is 15.6 Å². The van der Waals surface area contributed by atoms with E-state index in [4.69, 9.17) is 4.74 Å². The van der Waals surface area contributed by atoms with Gasteiger partial charge in [0.15, 0.2) is 0 Å². The second-order valence-corrected chi connectivity index (χ2v) is 7.64. The van der Waals surface area contributed by atoms with Gasteiger partial charge in [-0.05, 0) is 36.2 Å². The van der Waals surface area contributed by atoms with E-state index >= 15 is 0 Å². The Kier molecular flexibility index (Phi) is 6.72. The number of imidazole rings is 1. The first-order chi connectivity index (χ1) is 14.4. The van der Waals surface area contributed by atoms with E-state index in [1.54, 1.807) is 25.3 Å². The van der Waals surface area contributed by atoms with Crippen molar-refractivity contribution >= 4 is 28.5 Å². The van der Waals surface area contributed by atoms with E-state index in [9.17, 15) is 9.59 Å². The maximum Gasteiger partial charge on any atom is 0.255 e. The van der Waals surface area contributed by atoms with Gasteiger partial charge in [0.05, 0.1) is 23.7 Å². The normalized spacial score (nSPS) is 11.0. The lowest BCUT2D eigenvalue weighted by Crippen LogP contribution is -2.26. The van der Waals surface area contributed by atoms with Crippen molar-refractivity contribution in [2.75, 3.05) is 19.0 Å². The van der Waals surface area contributed by atoms with Crippen LogP contribution in [0.5, 0.6) is 5.75 Å². The van der Waals surface area contributed by atoms with Crippen molar-refractivity contribution in [3.05, 3.63) is 53.9 Å². The van der Waals surface area contributed by atoms with E-state index in [1.165, 1.54) is 0 Å². The maximum absolute atomic E-state index is 12.4. The Morgan fingerprint density at radius 3 is 2.67 bits per heavy atom. The Labute approximate surface area is 176 Å². The van der Waals surface area contributed by atoms with Gasteiger partial charge in [-0.2, -0.15) is 0 Å². The summed E-state index contributed by atoms with van der Waals surface area (Å²) in [6, 6.07) is 12.8. The van der Waals surface area contributed by atoms with E-state index in [0.29, 0.717) is 36.6 Å². The molecule has 0 radical (unpaired) electrons. The molecule has 0 saturated carbocycles. The highest BCUT2D eigenvalue weighted by molar-refractivity contribution is 5.97. The molecule has 3 aromatic rings. The predicted molar refractivity (Wildman–Crippen MR) is 118 cm³/mol. The van der Waals surface area contributed by atoms with Gasteiger partial charge in [0.25, 0.3) is 5.91 Å². The molecule has 7 heteroatoms. The number of hydrogen-bond donors (Lipinski definition) is 2. The van der Waals surface area contributed by atoms with Crippen LogP contribution in [-0.4, -0.2) is 35.0 Å². The zero-order valence-corrected chi connectivity index (χ0v) is 17.9. The molecular formula is C23H28N4O3. The van der Waals surface area contributed by atoms with Crippen LogP contribution in [0, 0.1) is 5.92 Å². The smallest absolute Gasteiger partial charge is 0.255 e. The highest BCUT2D eigenvalue weighted by Crippen LogP contribution is 2.21. The third kappa shape index (κ3) is 4.97. The quantitative estimate of drug-likeness (QED) is 0.597. The molecule has 0 atom stereocenters. The van der Waals surface area contributed by atoms with E-state index < -0.39 is 0 Å². The fourth-order valence-electron chi connectivity index (χ4n) is 3.35. The second kappa shape index (κ2) is 9.43. The molecule has 30 heavy (non-hydrogen) atoms.